The summed E-state index contributed by atoms with van der Waals surface area (Å²) in [4.78, 5) is 30.3. The average Bonchev–Trinajstić information content (AvgIpc) is 3.12. The summed E-state index contributed by atoms with van der Waals surface area (Å²) in [7, 11) is 4.92. The molecular weight excluding hydrogens is 396 g/mol. The first kappa shape index (κ1) is 20.5. The number of amides is 1. The van der Waals surface area contributed by atoms with E-state index in [4.69, 9.17) is 9.47 Å². The quantitative estimate of drug-likeness (QED) is 0.518. The van der Waals surface area contributed by atoms with Gasteiger partial charge in [-0.3, -0.25) is 14.2 Å². The predicted octanol–water partition coefficient (Wildman–Crippen LogP) is 2.64. The van der Waals surface area contributed by atoms with Crippen LogP contribution in [0, 0.1) is 6.92 Å². The number of hydrogen-bond acceptors (Lipinski definition) is 5. The highest BCUT2D eigenvalue weighted by Crippen LogP contribution is 2.30. The van der Waals surface area contributed by atoms with Gasteiger partial charge >= 0.3 is 0 Å². The van der Waals surface area contributed by atoms with Gasteiger partial charge in [0.1, 0.15) is 11.5 Å². The number of methoxy groups -OCH3 is 2. The molecule has 2 aromatic heterocycles. The van der Waals surface area contributed by atoms with E-state index in [0.29, 0.717) is 47.0 Å². The van der Waals surface area contributed by atoms with E-state index in [0.717, 1.165) is 10.9 Å². The molecule has 4 aromatic rings. The summed E-state index contributed by atoms with van der Waals surface area (Å²) in [5, 5.41) is 4.34. The number of aryl methyl sites for hydroxylation is 2. The maximum atomic E-state index is 13.0. The van der Waals surface area contributed by atoms with Crippen LogP contribution in [0.2, 0.25) is 0 Å². The summed E-state index contributed by atoms with van der Waals surface area (Å²) in [6.07, 6.45) is 0. The Bertz CT molecular complexity index is 1350. The number of hydrogen-bond donors (Lipinski definition) is 1. The molecular formula is C23H24N4O4. The predicted molar refractivity (Wildman–Crippen MR) is 119 cm³/mol. The number of fused-ring (bicyclic) bond motifs is 2. The number of aromatic nitrogens is 3. The summed E-state index contributed by atoms with van der Waals surface area (Å²) in [5.74, 6) is 1.35. The van der Waals surface area contributed by atoms with Crippen molar-refractivity contribution in [2.24, 2.45) is 7.05 Å². The second-order valence-electron chi connectivity index (χ2n) is 7.24. The summed E-state index contributed by atoms with van der Waals surface area (Å²) in [5.41, 5.74) is 1.90. The molecule has 1 amide bonds. The largest absolute Gasteiger partial charge is 0.493 e. The Balaban J connectivity index is 1.56. The van der Waals surface area contributed by atoms with Crippen molar-refractivity contribution in [3.05, 3.63) is 64.3 Å². The minimum atomic E-state index is -0.192. The molecule has 0 fully saturated rings. The van der Waals surface area contributed by atoms with E-state index in [-0.39, 0.29) is 11.5 Å². The average molecular weight is 420 g/mol. The molecule has 160 valence electrons. The Morgan fingerprint density at radius 3 is 2.52 bits per heavy atom. The van der Waals surface area contributed by atoms with Gasteiger partial charge in [0.15, 0.2) is 11.5 Å². The van der Waals surface area contributed by atoms with Crippen molar-refractivity contribution in [1.29, 1.82) is 0 Å². The van der Waals surface area contributed by atoms with Crippen LogP contribution in [0.5, 0.6) is 11.5 Å². The highest BCUT2D eigenvalue weighted by molar-refractivity contribution is 5.98. The third-order valence-corrected chi connectivity index (χ3v) is 5.46. The summed E-state index contributed by atoms with van der Waals surface area (Å²) >= 11 is 0. The van der Waals surface area contributed by atoms with Gasteiger partial charge in [0, 0.05) is 37.1 Å². The van der Waals surface area contributed by atoms with Crippen molar-refractivity contribution < 1.29 is 14.3 Å². The maximum Gasteiger partial charge on any atom is 0.267 e. The van der Waals surface area contributed by atoms with Crippen LogP contribution in [-0.4, -0.2) is 40.8 Å². The lowest BCUT2D eigenvalue weighted by atomic mass is 10.2. The van der Waals surface area contributed by atoms with Crippen molar-refractivity contribution in [1.82, 2.24) is 19.4 Å². The summed E-state index contributed by atoms with van der Waals surface area (Å²) < 4.78 is 14.0. The van der Waals surface area contributed by atoms with E-state index >= 15 is 0 Å². The molecule has 8 nitrogen and oxygen atoms in total. The molecule has 0 unspecified atom stereocenters. The van der Waals surface area contributed by atoms with Gasteiger partial charge in [-0.25, -0.2) is 4.98 Å². The number of para-hydroxylation sites is 1. The normalized spacial score (nSPS) is 11.1. The number of ether oxygens (including phenoxy) is 2. The summed E-state index contributed by atoms with van der Waals surface area (Å²) in [6, 6.07) is 13.0. The fraction of sp³-hybridized carbons (Fsp3) is 0.261. The van der Waals surface area contributed by atoms with Crippen molar-refractivity contribution in [3.8, 4) is 11.5 Å². The van der Waals surface area contributed by atoms with E-state index in [1.54, 1.807) is 23.6 Å². The van der Waals surface area contributed by atoms with E-state index in [1.807, 2.05) is 41.9 Å². The van der Waals surface area contributed by atoms with Crippen LogP contribution < -0.4 is 20.3 Å². The molecule has 0 saturated carbocycles. The highest BCUT2D eigenvalue weighted by Gasteiger charge is 2.15. The van der Waals surface area contributed by atoms with Crippen LogP contribution in [0.3, 0.4) is 0 Å². The van der Waals surface area contributed by atoms with Gasteiger partial charge in [0.25, 0.3) is 11.5 Å². The molecule has 2 heterocycles. The number of carbonyl (C=O) groups excluding carboxylic acids is 1. The standard InChI is InChI=1S/C23H24N4O4/c1-14-25-17-13-21(31-4)20(30-3)12-16(17)23(29)27(14)10-9-24-22(28)19-11-15-7-5-6-8-18(15)26(19)2/h5-8,11-13H,9-10H2,1-4H3,(H,24,28). The van der Waals surface area contributed by atoms with Crippen LogP contribution >= 0.6 is 0 Å². The zero-order chi connectivity index (χ0) is 22.1. The molecule has 1 N–H and O–H groups in total. The molecule has 0 saturated heterocycles. The number of nitrogens with one attached hydrogen (secondary N) is 1. The Kier molecular flexibility index (Phi) is 5.37. The first-order valence-corrected chi connectivity index (χ1v) is 9.90. The lowest BCUT2D eigenvalue weighted by Gasteiger charge is -2.13. The van der Waals surface area contributed by atoms with E-state index in [9.17, 15) is 9.59 Å². The van der Waals surface area contributed by atoms with E-state index < -0.39 is 0 Å². The monoisotopic (exact) mass is 420 g/mol. The second kappa shape index (κ2) is 8.14. The lowest BCUT2D eigenvalue weighted by molar-refractivity contribution is 0.0944. The van der Waals surface area contributed by atoms with Crippen LogP contribution in [0.25, 0.3) is 21.8 Å². The van der Waals surface area contributed by atoms with Crippen molar-refractivity contribution in [2.75, 3.05) is 20.8 Å². The van der Waals surface area contributed by atoms with E-state index in [1.165, 1.54) is 14.2 Å². The highest BCUT2D eigenvalue weighted by atomic mass is 16.5. The Hall–Kier alpha value is -3.81. The van der Waals surface area contributed by atoms with Gasteiger partial charge in [0.05, 0.1) is 25.1 Å². The number of rotatable bonds is 6. The maximum absolute atomic E-state index is 13.0. The van der Waals surface area contributed by atoms with Crippen molar-refractivity contribution >= 4 is 27.7 Å². The fourth-order valence-corrected chi connectivity index (χ4v) is 3.80. The third kappa shape index (κ3) is 3.61. The number of benzene rings is 2. The Morgan fingerprint density at radius 2 is 1.81 bits per heavy atom. The molecule has 0 aliphatic rings. The van der Waals surface area contributed by atoms with Crippen LogP contribution in [-0.2, 0) is 13.6 Å². The lowest BCUT2D eigenvalue weighted by Crippen LogP contribution is -2.33. The number of nitrogens with zero attached hydrogens (tertiary/aromatic N) is 3. The molecule has 0 aliphatic heterocycles. The van der Waals surface area contributed by atoms with Crippen LogP contribution in [0.1, 0.15) is 16.3 Å². The first-order chi connectivity index (χ1) is 14.9. The molecule has 0 bridgehead atoms. The van der Waals surface area contributed by atoms with Crippen LogP contribution in [0.15, 0.2) is 47.3 Å². The molecule has 0 spiro atoms. The molecule has 8 heteroatoms. The van der Waals surface area contributed by atoms with Gasteiger partial charge in [-0.1, -0.05) is 18.2 Å². The zero-order valence-corrected chi connectivity index (χ0v) is 17.9. The number of carbonyl (C=O) groups is 1. The molecule has 4 rings (SSSR count). The Labute approximate surface area is 179 Å². The molecule has 2 aromatic carbocycles. The van der Waals surface area contributed by atoms with Gasteiger partial charge in [0.2, 0.25) is 0 Å². The third-order valence-electron chi connectivity index (χ3n) is 5.46. The molecule has 31 heavy (non-hydrogen) atoms. The first-order valence-electron chi connectivity index (χ1n) is 9.90. The van der Waals surface area contributed by atoms with Gasteiger partial charge in [-0.15, -0.1) is 0 Å². The SMILES string of the molecule is COc1cc2nc(C)n(CCNC(=O)c3cc4ccccc4n3C)c(=O)c2cc1OC. The second-order valence-corrected chi connectivity index (χ2v) is 7.24. The van der Waals surface area contributed by atoms with E-state index in [2.05, 4.69) is 10.3 Å². The van der Waals surface area contributed by atoms with Gasteiger partial charge in [-0.05, 0) is 25.1 Å². The van der Waals surface area contributed by atoms with Crippen LogP contribution in [0.4, 0.5) is 0 Å². The van der Waals surface area contributed by atoms with Crippen molar-refractivity contribution in [3.63, 3.8) is 0 Å². The summed E-state index contributed by atoms with van der Waals surface area (Å²) in [6.45, 7) is 2.36. The van der Waals surface area contributed by atoms with Gasteiger partial charge in [-0.2, -0.15) is 0 Å². The minimum absolute atomic E-state index is 0.190. The molecule has 0 aliphatic carbocycles. The zero-order valence-electron chi connectivity index (χ0n) is 17.9. The molecule has 0 radical (unpaired) electrons. The molecule has 0 atom stereocenters. The Morgan fingerprint density at radius 1 is 1.10 bits per heavy atom. The van der Waals surface area contributed by atoms with Gasteiger partial charge < -0.3 is 19.4 Å². The van der Waals surface area contributed by atoms with Crippen molar-refractivity contribution in [2.45, 2.75) is 13.5 Å². The topological polar surface area (TPSA) is 87.4 Å². The smallest absolute Gasteiger partial charge is 0.267 e. The minimum Gasteiger partial charge on any atom is -0.493 e. The fourth-order valence-electron chi connectivity index (χ4n) is 3.80.